The molecule has 30 atom stereocenters. The molecule has 0 bridgehead atoms. The van der Waals surface area contributed by atoms with Crippen LogP contribution in [0.1, 0.15) is 106 Å². The number of ether oxygens (including phenoxy) is 9. The summed E-state index contributed by atoms with van der Waals surface area (Å²) in [4.78, 5) is 0. The Kier molecular flexibility index (Phi) is 16.9. The smallest absolute Gasteiger partial charge is 0.187 e. The van der Waals surface area contributed by atoms with Crippen molar-refractivity contribution in [2.24, 2.45) is 46.3 Å². The Morgan fingerprint density at radius 1 is 0.583 bits per heavy atom. The highest BCUT2D eigenvalue weighted by Gasteiger charge is 2.65. The second-order valence-electron chi connectivity index (χ2n) is 23.7. The van der Waals surface area contributed by atoms with Crippen LogP contribution in [0.3, 0.4) is 0 Å². The van der Waals surface area contributed by atoms with Gasteiger partial charge in [0.25, 0.3) is 0 Å². The molecule has 0 amide bonds. The average molecular weight is 1030 g/mol. The van der Waals surface area contributed by atoms with E-state index >= 15 is 0 Å². The van der Waals surface area contributed by atoms with E-state index in [0.717, 1.165) is 57.1 Å². The molecule has 9 aliphatic rings. The summed E-state index contributed by atoms with van der Waals surface area (Å²) in [5.74, 6) is 3.36. The lowest BCUT2D eigenvalue weighted by Gasteiger charge is -2.61. The zero-order valence-corrected chi connectivity index (χ0v) is 42.4. The number of fused-ring (bicyclic) bond motifs is 7. The molecule has 4 saturated carbocycles. The van der Waals surface area contributed by atoms with Crippen LogP contribution in [-0.2, 0) is 42.6 Å². The summed E-state index contributed by atoms with van der Waals surface area (Å²) in [6, 6.07) is 0. The lowest BCUT2D eigenvalue weighted by molar-refractivity contribution is -0.389. The van der Waals surface area contributed by atoms with Gasteiger partial charge in [0.2, 0.25) is 0 Å². The standard InChI is InChI=1S/C51H84O21/c1-20(19-64-46-40(60)39(59)36(56)31(17-52)69-46)7-10-29-21(2)33-30(68-29)16-28-26-9-8-24-15-25(11-13-50(24,5)27(26)12-14-51(28,33)6)67-49-45(72-48-42(62)38(58)35(55)23(4)66-48)43(63)44(32(18-53)70-49)71-47-41(61)37(57)34(54)22(3)65-47/h20,22-28,30-49,52-63H,7-19H2,1-6H3/t20?,22-,23-,24-,25-,26?,27?,28?,30?,31+,32+,33?,34-,35-,36+,37+,38+,39-,40+,41+,42+,43-,44+,45+,46+,47-,48-,49+,50-,51-/m0/s1. The molecule has 414 valence electrons. The first-order valence-corrected chi connectivity index (χ1v) is 26.7. The van der Waals surface area contributed by atoms with Gasteiger partial charge in [-0.3, -0.25) is 0 Å². The van der Waals surface area contributed by atoms with E-state index in [1.54, 1.807) is 0 Å². The summed E-state index contributed by atoms with van der Waals surface area (Å²) < 4.78 is 54.9. The van der Waals surface area contributed by atoms with Crippen LogP contribution >= 0.6 is 0 Å². The molecular formula is C51H84O21. The lowest BCUT2D eigenvalue weighted by atomic mass is 9.44. The largest absolute Gasteiger partial charge is 0.494 e. The van der Waals surface area contributed by atoms with E-state index in [0.29, 0.717) is 42.4 Å². The van der Waals surface area contributed by atoms with Crippen LogP contribution in [-0.4, -0.2) is 216 Å². The Labute approximate surface area is 421 Å². The summed E-state index contributed by atoms with van der Waals surface area (Å²) >= 11 is 0. The minimum Gasteiger partial charge on any atom is -0.494 e. The van der Waals surface area contributed by atoms with Crippen LogP contribution in [0.2, 0.25) is 0 Å². The Morgan fingerprint density at radius 2 is 1.17 bits per heavy atom. The van der Waals surface area contributed by atoms with Gasteiger partial charge in [-0.1, -0.05) is 20.8 Å². The molecule has 0 aromatic heterocycles. The number of allylic oxidation sites excluding steroid dienone is 1. The van der Waals surface area contributed by atoms with Crippen molar-refractivity contribution in [3.63, 3.8) is 0 Å². The van der Waals surface area contributed by atoms with Gasteiger partial charge in [-0.2, -0.15) is 0 Å². The molecule has 0 aromatic carbocycles. The maximum Gasteiger partial charge on any atom is 0.187 e. The molecule has 4 saturated heterocycles. The minimum atomic E-state index is -1.73. The topological polar surface area (TPSA) is 326 Å². The van der Waals surface area contributed by atoms with Gasteiger partial charge < -0.3 is 104 Å². The Bertz CT molecular complexity index is 1860. The van der Waals surface area contributed by atoms with Gasteiger partial charge in [0.05, 0.1) is 43.9 Å². The first kappa shape index (κ1) is 55.5. The summed E-state index contributed by atoms with van der Waals surface area (Å²) in [6.45, 7) is 11.3. The van der Waals surface area contributed by atoms with Gasteiger partial charge in [0.1, 0.15) is 91.6 Å². The zero-order valence-electron chi connectivity index (χ0n) is 42.4. The highest BCUT2D eigenvalue weighted by Crippen LogP contribution is 2.70. The Hall–Kier alpha value is -1.26. The summed E-state index contributed by atoms with van der Waals surface area (Å²) in [7, 11) is 0. The number of hydrogen-bond donors (Lipinski definition) is 12. The molecule has 6 unspecified atom stereocenters. The lowest BCUT2D eigenvalue weighted by Crippen LogP contribution is -2.66. The van der Waals surface area contributed by atoms with Crippen LogP contribution in [0.4, 0.5) is 0 Å². The Morgan fingerprint density at radius 3 is 1.81 bits per heavy atom. The molecule has 8 fully saturated rings. The van der Waals surface area contributed by atoms with Crippen molar-refractivity contribution in [1.29, 1.82) is 0 Å². The zero-order chi connectivity index (χ0) is 51.9. The molecule has 12 N–H and O–H groups in total. The van der Waals surface area contributed by atoms with Crippen molar-refractivity contribution < 1.29 is 104 Å². The summed E-state index contributed by atoms with van der Waals surface area (Å²) in [5.41, 5.74) is 1.48. The molecule has 72 heavy (non-hydrogen) atoms. The van der Waals surface area contributed by atoms with E-state index in [9.17, 15) is 61.3 Å². The van der Waals surface area contributed by atoms with Gasteiger partial charge in [0, 0.05) is 12.3 Å². The third-order valence-electron chi connectivity index (χ3n) is 19.4. The van der Waals surface area contributed by atoms with E-state index in [2.05, 4.69) is 20.8 Å². The Balaban J connectivity index is 0.833. The van der Waals surface area contributed by atoms with Crippen molar-refractivity contribution in [3.05, 3.63) is 11.3 Å². The summed E-state index contributed by atoms with van der Waals surface area (Å²) in [6.07, 6.45) is -19.4. The molecule has 5 aliphatic heterocycles. The predicted molar refractivity (Wildman–Crippen MR) is 247 cm³/mol. The number of aliphatic hydroxyl groups excluding tert-OH is 12. The van der Waals surface area contributed by atoms with E-state index in [1.807, 2.05) is 6.92 Å². The van der Waals surface area contributed by atoms with Gasteiger partial charge in [-0.25, -0.2) is 0 Å². The van der Waals surface area contributed by atoms with Gasteiger partial charge in [-0.15, -0.1) is 0 Å². The van der Waals surface area contributed by atoms with Crippen LogP contribution in [0.15, 0.2) is 11.3 Å². The molecule has 0 aromatic rings. The molecule has 5 heterocycles. The van der Waals surface area contributed by atoms with Crippen molar-refractivity contribution in [2.75, 3.05) is 19.8 Å². The first-order valence-electron chi connectivity index (χ1n) is 26.7. The van der Waals surface area contributed by atoms with Crippen LogP contribution in [0.25, 0.3) is 0 Å². The van der Waals surface area contributed by atoms with E-state index in [-0.39, 0.29) is 35.6 Å². The van der Waals surface area contributed by atoms with Gasteiger partial charge in [0.15, 0.2) is 25.2 Å². The third-order valence-corrected chi connectivity index (χ3v) is 19.4. The van der Waals surface area contributed by atoms with Crippen molar-refractivity contribution in [1.82, 2.24) is 0 Å². The molecule has 0 radical (unpaired) electrons. The van der Waals surface area contributed by atoms with Crippen molar-refractivity contribution >= 4 is 0 Å². The number of rotatable bonds is 14. The van der Waals surface area contributed by atoms with Crippen LogP contribution in [0, 0.1) is 46.3 Å². The quantitative estimate of drug-likeness (QED) is 0.0934. The monoisotopic (exact) mass is 1030 g/mol. The molecule has 4 aliphatic carbocycles. The second kappa shape index (κ2) is 21.9. The molecular weight excluding hydrogens is 949 g/mol. The predicted octanol–water partition coefficient (Wildman–Crippen LogP) is -0.950. The fourth-order valence-electron chi connectivity index (χ4n) is 15.1. The normalized spacial score (nSPS) is 54.1. The van der Waals surface area contributed by atoms with E-state index < -0.39 is 136 Å². The maximum absolute atomic E-state index is 12.1. The van der Waals surface area contributed by atoms with E-state index in [1.165, 1.54) is 19.4 Å². The highest BCUT2D eigenvalue weighted by atomic mass is 16.8. The fraction of sp³-hybridized carbons (Fsp3) is 0.961. The molecule has 21 heteroatoms. The SMILES string of the molecule is CC1=C(CCC(C)CO[C@@H]2O[C@H](CO)[C@@H](O)[C@H](O)[C@H]2O)OC2CC3C4CC[C@H]5C[C@@H](O[C@@H]6O[C@H](CO)[C@@H](O[C@@H]7O[C@@H](C)[C@H](O)[C@@H](O)[C@H]7O)[C@H](O)[C@H]6O[C@@H]6O[C@@H](C)[C@H](O)[C@@H](O)[C@H]6O)CC[C@]5(C)C4CC[C@]3(C)C12. The number of aliphatic hydroxyl groups is 12. The van der Waals surface area contributed by atoms with Crippen LogP contribution < -0.4 is 0 Å². The molecule has 21 nitrogen and oxygen atoms in total. The van der Waals surface area contributed by atoms with Crippen molar-refractivity contribution in [2.45, 2.75) is 241 Å². The maximum atomic E-state index is 12.1. The average Bonchev–Trinajstić information content (AvgIpc) is 3.85. The van der Waals surface area contributed by atoms with Crippen molar-refractivity contribution in [3.8, 4) is 0 Å². The van der Waals surface area contributed by atoms with E-state index in [4.69, 9.17) is 42.6 Å². The molecule has 9 rings (SSSR count). The number of hydrogen-bond acceptors (Lipinski definition) is 21. The fourth-order valence-corrected chi connectivity index (χ4v) is 15.1. The second-order valence-corrected chi connectivity index (χ2v) is 23.7. The third kappa shape index (κ3) is 9.98. The van der Waals surface area contributed by atoms with Crippen LogP contribution in [0.5, 0.6) is 0 Å². The van der Waals surface area contributed by atoms with Gasteiger partial charge >= 0.3 is 0 Å². The molecule has 0 spiro atoms. The minimum absolute atomic E-state index is 0.0468. The highest BCUT2D eigenvalue weighted by molar-refractivity contribution is 5.27. The first-order chi connectivity index (χ1) is 34.1. The van der Waals surface area contributed by atoms with Gasteiger partial charge in [-0.05, 0) is 125 Å². The summed E-state index contributed by atoms with van der Waals surface area (Å²) in [5, 5.41) is 126.